The average Bonchev–Trinajstić information content (AvgIpc) is 2.46. The number of hydrogen-bond acceptors (Lipinski definition) is 5. The molecule has 2 aromatic rings. The van der Waals surface area contributed by atoms with Crippen LogP contribution in [0.5, 0.6) is 11.5 Å². The molecule has 1 N–H and O–H groups in total. The number of aromatic hydroxyl groups is 1. The fourth-order valence-electron chi connectivity index (χ4n) is 1.54. The van der Waals surface area contributed by atoms with Crippen molar-refractivity contribution in [1.29, 1.82) is 5.26 Å². The fourth-order valence-corrected chi connectivity index (χ4v) is 1.66. The summed E-state index contributed by atoms with van der Waals surface area (Å²) in [5.41, 5.74) is 0.0928. The number of halogens is 1. The third kappa shape index (κ3) is 3.41. The molecule has 21 heavy (non-hydrogen) atoms. The van der Waals surface area contributed by atoms with Crippen LogP contribution >= 0.6 is 11.6 Å². The van der Waals surface area contributed by atoms with Crippen LogP contribution in [-0.2, 0) is 4.79 Å². The number of phenols is 1. The highest BCUT2D eigenvalue weighted by atomic mass is 35.5. The van der Waals surface area contributed by atoms with E-state index in [9.17, 15) is 9.90 Å². The minimum atomic E-state index is -0.429. The van der Waals surface area contributed by atoms with E-state index in [4.69, 9.17) is 21.7 Å². The number of anilines is 1. The van der Waals surface area contributed by atoms with Crippen LogP contribution in [0.15, 0.2) is 36.5 Å². The van der Waals surface area contributed by atoms with Crippen LogP contribution in [0, 0.1) is 11.3 Å². The quantitative estimate of drug-likeness (QED) is 0.881. The second-order valence-corrected chi connectivity index (χ2v) is 4.47. The van der Waals surface area contributed by atoms with Gasteiger partial charge in [0.15, 0.2) is 11.6 Å². The molecule has 1 aromatic heterocycles. The first kappa shape index (κ1) is 14.6. The number of hydroxylamine groups is 1. The molecular weight excluding hydrogens is 294 g/mol. The van der Waals surface area contributed by atoms with Gasteiger partial charge in [-0.2, -0.15) is 5.26 Å². The van der Waals surface area contributed by atoms with Crippen LogP contribution in [0.25, 0.3) is 0 Å². The Hall–Kier alpha value is -2.78. The van der Waals surface area contributed by atoms with Crippen molar-refractivity contribution in [3.8, 4) is 17.6 Å². The zero-order valence-corrected chi connectivity index (χ0v) is 11.7. The summed E-state index contributed by atoms with van der Waals surface area (Å²) in [5, 5.41) is 19.7. The first-order chi connectivity index (χ1) is 10.0. The topological polar surface area (TPSA) is 86.5 Å². The van der Waals surface area contributed by atoms with E-state index in [0.29, 0.717) is 5.02 Å². The maximum atomic E-state index is 11.7. The molecule has 0 unspecified atom stereocenters. The molecule has 0 saturated carbocycles. The van der Waals surface area contributed by atoms with Gasteiger partial charge in [0.05, 0.1) is 5.02 Å². The summed E-state index contributed by atoms with van der Waals surface area (Å²) in [4.78, 5) is 21.1. The lowest BCUT2D eigenvalue weighted by atomic mass is 10.2. The van der Waals surface area contributed by atoms with Gasteiger partial charge in [-0.05, 0) is 24.3 Å². The van der Waals surface area contributed by atoms with Crippen molar-refractivity contribution in [2.24, 2.45) is 0 Å². The van der Waals surface area contributed by atoms with E-state index in [1.165, 1.54) is 37.4 Å². The maximum absolute atomic E-state index is 11.7. The minimum absolute atomic E-state index is 0.0714. The van der Waals surface area contributed by atoms with E-state index in [-0.39, 0.29) is 22.9 Å². The summed E-state index contributed by atoms with van der Waals surface area (Å²) >= 11 is 5.74. The number of benzene rings is 1. The van der Waals surface area contributed by atoms with Crippen LogP contribution in [-0.4, -0.2) is 16.0 Å². The molecule has 0 aliphatic carbocycles. The van der Waals surface area contributed by atoms with E-state index in [1.807, 2.05) is 6.07 Å². The lowest BCUT2D eigenvalue weighted by Gasteiger charge is -2.20. The summed E-state index contributed by atoms with van der Waals surface area (Å²) in [5.74, 6) is -0.147. The third-order valence-electron chi connectivity index (χ3n) is 2.48. The van der Waals surface area contributed by atoms with Gasteiger partial charge in [0.2, 0.25) is 0 Å². The number of pyridine rings is 1. The maximum Gasteiger partial charge on any atom is 0.258 e. The molecule has 0 spiro atoms. The Morgan fingerprint density at radius 2 is 2.19 bits per heavy atom. The SMILES string of the molecule is CC(=O)N(Oc1ccc(O)cc1C#N)c1ccc(Cl)cn1. The molecule has 2 rings (SSSR count). The first-order valence-corrected chi connectivity index (χ1v) is 6.22. The zero-order valence-electron chi connectivity index (χ0n) is 10.9. The van der Waals surface area contributed by atoms with Crippen LogP contribution < -0.4 is 9.90 Å². The summed E-state index contributed by atoms with van der Waals surface area (Å²) in [6.07, 6.45) is 1.37. The van der Waals surface area contributed by atoms with Crippen molar-refractivity contribution in [3.63, 3.8) is 0 Å². The second-order valence-electron chi connectivity index (χ2n) is 4.03. The molecule has 0 saturated heterocycles. The van der Waals surface area contributed by atoms with Gasteiger partial charge in [-0.1, -0.05) is 11.6 Å². The molecule has 106 valence electrons. The van der Waals surface area contributed by atoms with Gasteiger partial charge in [-0.15, -0.1) is 5.06 Å². The molecule has 0 aliphatic rings. The minimum Gasteiger partial charge on any atom is -0.508 e. The van der Waals surface area contributed by atoms with Gasteiger partial charge in [0.1, 0.15) is 17.4 Å². The Labute approximate surface area is 125 Å². The van der Waals surface area contributed by atoms with E-state index in [1.54, 1.807) is 6.07 Å². The highest BCUT2D eigenvalue weighted by Crippen LogP contribution is 2.25. The fraction of sp³-hybridized carbons (Fsp3) is 0.0714. The number of aromatic nitrogens is 1. The van der Waals surface area contributed by atoms with E-state index >= 15 is 0 Å². The summed E-state index contributed by atoms with van der Waals surface area (Å²) in [6, 6.07) is 8.93. The lowest BCUT2D eigenvalue weighted by molar-refractivity contribution is -0.120. The predicted molar refractivity (Wildman–Crippen MR) is 75.9 cm³/mol. The van der Waals surface area contributed by atoms with Crippen LogP contribution in [0.2, 0.25) is 5.02 Å². The number of amides is 1. The summed E-state index contributed by atoms with van der Waals surface area (Å²) in [7, 11) is 0. The highest BCUT2D eigenvalue weighted by Gasteiger charge is 2.17. The van der Waals surface area contributed by atoms with Gasteiger partial charge in [-0.25, -0.2) is 4.98 Å². The van der Waals surface area contributed by atoms with Crippen molar-refractivity contribution in [3.05, 3.63) is 47.1 Å². The molecule has 0 aliphatic heterocycles. The molecule has 6 nitrogen and oxygen atoms in total. The number of nitriles is 1. The van der Waals surface area contributed by atoms with Crippen molar-refractivity contribution in [2.45, 2.75) is 6.92 Å². The van der Waals surface area contributed by atoms with Gasteiger partial charge in [-0.3, -0.25) is 4.79 Å². The summed E-state index contributed by atoms with van der Waals surface area (Å²) in [6.45, 7) is 1.29. The molecule has 0 atom stereocenters. The number of hydrogen-bond donors (Lipinski definition) is 1. The van der Waals surface area contributed by atoms with Crippen molar-refractivity contribution in [1.82, 2.24) is 4.98 Å². The second kappa shape index (κ2) is 6.11. The molecule has 0 bridgehead atoms. The van der Waals surface area contributed by atoms with Crippen molar-refractivity contribution in [2.75, 3.05) is 5.06 Å². The molecule has 0 fully saturated rings. The first-order valence-electron chi connectivity index (χ1n) is 5.84. The summed E-state index contributed by atoms with van der Waals surface area (Å²) < 4.78 is 0. The monoisotopic (exact) mass is 303 g/mol. The standard InChI is InChI=1S/C14H10ClN3O3/c1-9(19)18(14-5-2-11(15)8-17-14)21-13-4-3-12(20)6-10(13)7-16/h2-6,8,20H,1H3. The number of carbonyl (C=O) groups is 1. The Morgan fingerprint density at radius 1 is 1.43 bits per heavy atom. The van der Waals surface area contributed by atoms with Gasteiger partial charge in [0, 0.05) is 19.2 Å². The highest BCUT2D eigenvalue weighted by molar-refractivity contribution is 6.30. The number of carbonyl (C=O) groups excluding carboxylic acids is 1. The zero-order chi connectivity index (χ0) is 15.4. The Kier molecular flexibility index (Phi) is 4.26. The molecule has 7 heteroatoms. The smallest absolute Gasteiger partial charge is 0.258 e. The van der Waals surface area contributed by atoms with Crippen molar-refractivity contribution < 1.29 is 14.7 Å². The van der Waals surface area contributed by atoms with E-state index in [0.717, 1.165) is 5.06 Å². The molecule has 1 aromatic carbocycles. The molecule has 0 radical (unpaired) electrons. The van der Waals surface area contributed by atoms with E-state index < -0.39 is 5.91 Å². The Balaban J connectivity index is 2.36. The van der Waals surface area contributed by atoms with Crippen LogP contribution in [0.1, 0.15) is 12.5 Å². The van der Waals surface area contributed by atoms with Gasteiger partial charge < -0.3 is 9.94 Å². The van der Waals surface area contributed by atoms with Crippen molar-refractivity contribution >= 4 is 23.3 Å². The van der Waals surface area contributed by atoms with Crippen LogP contribution in [0.4, 0.5) is 5.82 Å². The number of phenolic OH excluding ortho intramolecular Hbond substituents is 1. The normalized spacial score (nSPS) is 9.76. The largest absolute Gasteiger partial charge is 0.508 e. The van der Waals surface area contributed by atoms with Gasteiger partial charge >= 0.3 is 0 Å². The number of nitrogens with zero attached hydrogens (tertiary/aromatic N) is 3. The van der Waals surface area contributed by atoms with Crippen LogP contribution in [0.3, 0.4) is 0 Å². The molecule has 1 amide bonds. The lowest BCUT2D eigenvalue weighted by Crippen LogP contribution is -2.33. The molecule has 1 heterocycles. The predicted octanol–water partition coefficient (Wildman–Crippen LogP) is 2.66. The Bertz CT molecular complexity index is 710. The molecular formula is C14H10ClN3O3. The number of rotatable bonds is 3. The van der Waals surface area contributed by atoms with E-state index in [2.05, 4.69) is 4.98 Å². The average molecular weight is 304 g/mol. The third-order valence-corrected chi connectivity index (χ3v) is 2.70. The van der Waals surface area contributed by atoms with Gasteiger partial charge in [0.25, 0.3) is 5.91 Å². The Morgan fingerprint density at radius 3 is 2.76 bits per heavy atom.